The van der Waals surface area contributed by atoms with Gasteiger partial charge in [-0.25, -0.2) is 9.79 Å². The van der Waals surface area contributed by atoms with Gasteiger partial charge in [0.15, 0.2) is 16.7 Å². The zero-order valence-corrected chi connectivity index (χ0v) is 22.8. The van der Waals surface area contributed by atoms with Crippen molar-refractivity contribution in [2.24, 2.45) is 4.99 Å². The van der Waals surface area contributed by atoms with E-state index in [0.29, 0.717) is 57.7 Å². The van der Waals surface area contributed by atoms with E-state index < -0.39 is 0 Å². The lowest BCUT2D eigenvalue weighted by molar-refractivity contribution is -0.121. The van der Waals surface area contributed by atoms with Gasteiger partial charge in [-0.3, -0.25) is 9.69 Å². The third-order valence-electron chi connectivity index (χ3n) is 5.46. The molecule has 0 unspecified atom stereocenters. The van der Waals surface area contributed by atoms with Crippen molar-refractivity contribution in [1.82, 2.24) is 4.90 Å². The standard InChI is InChI=1S/C29H27ClN2O5S/c1-4-35-25-16-19(9-14-24(25)37-18-20-7-6-8-22(30)15-20)17-26-27(33)32(3)29(38-26)31-23-12-10-21(11-13-23)28(34)36-5-2/h6-17H,4-5,18H2,1-3H3. The van der Waals surface area contributed by atoms with Gasteiger partial charge in [0.1, 0.15) is 6.61 Å². The van der Waals surface area contributed by atoms with Gasteiger partial charge in [-0.2, -0.15) is 0 Å². The first-order valence-corrected chi connectivity index (χ1v) is 13.2. The number of thioether (sulfide) groups is 1. The van der Waals surface area contributed by atoms with Crippen molar-refractivity contribution in [2.45, 2.75) is 20.5 Å². The third kappa shape index (κ3) is 6.76. The van der Waals surface area contributed by atoms with Crippen molar-refractivity contribution < 1.29 is 23.8 Å². The number of benzene rings is 3. The molecule has 3 aromatic carbocycles. The Balaban J connectivity index is 1.50. The zero-order valence-electron chi connectivity index (χ0n) is 21.3. The van der Waals surface area contributed by atoms with Gasteiger partial charge in [0.2, 0.25) is 0 Å². The van der Waals surface area contributed by atoms with Crippen molar-refractivity contribution in [1.29, 1.82) is 0 Å². The summed E-state index contributed by atoms with van der Waals surface area (Å²) in [6, 6.07) is 19.8. The number of nitrogens with zero attached hydrogens (tertiary/aromatic N) is 2. The van der Waals surface area contributed by atoms with Crippen LogP contribution in [-0.4, -0.2) is 42.2 Å². The second kappa shape index (κ2) is 12.7. The Morgan fingerprint density at radius 3 is 2.50 bits per heavy atom. The number of likely N-dealkylation sites (N-methyl/N-ethyl adjacent to an activating group) is 1. The van der Waals surface area contributed by atoms with Gasteiger partial charge in [-0.1, -0.05) is 29.8 Å². The number of hydrogen-bond acceptors (Lipinski definition) is 7. The number of amides is 1. The van der Waals surface area contributed by atoms with E-state index in [1.807, 2.05) is 49.4 Å². The molecule has 38 heavy (non-hydrogen) atoms. The highest BCUT2D eigenvalue weighted by Gasteiger charge is 2.30. The molecule has 3 aromatic rings. The fourth-order valence-corrected chi connectivity index (χ4v) is 4.79. The molecule has 1 saturated heterocycles. The number of rotatable bonds is 9. The summed E-state index contributed by atoms with van der Waals surface area (Å²) >= 11 is 7.35. The topological polar surface area (TPSA) is 77.4 Å². The molecule has 0 atom stereocenters. The fourth-order valence-electron chi connectivity index (χ4n) is 3.59. The number of amidine groups is 1. The number of aliphatic imine (C=N–C) groups is 1. The minimum Gasteiger partial charge on any atom is -0.490 e. The van der Waals surface area contributed by atoms with Crippen molar-refractivity contribution in [2.75, 3.05) is 20.3 Å². The van der Waals surface area contributed by atoms with Crippen molar-refractivity contribution in [3.8, 4) is 11.5 Å². The smallest absolute Gasteiger partial charge is 0.338 e. The van der Waals surface area contributed by atoms with Crippen molar-refractivity contribution >= 4 is 52.2 Å². The largest absolute Gasteiger partial charge is 0.490 e. The molecule has 0 spiro atoms. The Hall–Kier alpha value is -3.75. The monoisotopic (exact) mass is 550 g/mol. The van der Waals surface area contributed by atoms with Crippen LogP contribution in [0.25, 0.3) is 6.08 Å². The van der Waals surface area contributed by atoms with Gasteiger partial charge >= 0.3 is 5.97 Å². The Morgan fingerprint density at radius 2 is 1.79 bits per heavy atom. The molecule has 0 aliphatic carbocycles. The van der Waals surface area contributed by atoms with Crippen LogP contribution in [0.15, 0.2) is 76.6 Å². The maximum atomic E-state index is 12.9. The van der Waals surface area contributed by atoms with E-state index in [2.05, 4.69) is 4.99 Å². The molecule has 0 N–H and O–H groups in total. The average molecular weight is 551 g/mol. The molecule has 0 bridgehead atoms. The summed E-state index contributed by atoms with van der Waals surface area (Å²) in [5, 5.41) is 1.19. The van der Waals surface area contributed by atoms with Gasteiger partial charge in [0.05, 0.1) is 29.4 Å². The Bertz CT molecular complexity index is 1390. The van der Waals surface area contributed by atoms with Crippen LogP contribution in [0.2, 0.25) is 5.02 Å². The Kier molecular flexibility index (Phi) is 9.10. The molecule has 9 heteroatoms. The van der Waals surface area contributed by atoms with Gasteiger partial charge in [-0.05, 0) is 91.3 Å². The van der Waals surface area contributed by atoms with Crippen LogP contribution >= 0.6 is 23.4 Å². The molecule has 0 saturated carbocycles. The summed E-state index contributed by atoms with van der Waals surface area (Å²) in [6.07, 6.45) is 1.80. The first-order valence-electron chi connectivity index (χ1n) is 12.1. The fraction of sp³-hybridized carbons (Fsp3) is 0.207. The normalized spacial score (nSPS) is 15.3. The lowest BCUT2D eigenvalue weighted by Gasteiger charge is -2.13. The summed E-state index contributed by atoms with van der Waals surface area (Å²) < 4.78 is 16.8. The third-order valence-corrected chi connectivity index (χ3v) is 6.75. The minimum atomic E-state index is -0.383. The molecule has 7 nitrogen and oxygen atoms in total. The lowest BCUT2D eigenvalue weighted by atomic mass is 10.1. The molecule has 1 heterocycles. The number of carbonyl (C=O) groups excluding carboxylic acids is 2. The summed E-state index contributed by atoms with van der Waals surface area (Å²) in [4.78, 5) is 31.4. The zero-order chi connectivity index (χ0) is 27.1. The average Bonchev–Trinajstić information content (AvgIpc) is 3.16. The Morgan fingerprint density at radius 1 is 1.00 bits per heavy atom. The van der Waals surface area contributed by atoms with Crippen LogP contribution in [-0.2, 0) is 16.1 Å². The molecular weight excluding hydrogens is 524 g/mol. The van der Waals surface area contributed by atoms with E-state index in [4.69, 9.17) is 25.8 Å². The predicted octanol–water partition coefficient (Wildman–Crippen LogP) is 6.73. The maximum Gasteiger partial charge on any atom is 0.338 e. The molecule has 1 fully saturated rings. The number of halogens is 1. The van der Waals surface area contributed by atoms with Crippen LogP contribution in [0.5, 0.6) is 11.5 Å². The van der Waals surface area contributed by atoms with Crippen LogP contribution in [0.1, 0.15) is 35.3 Å². The summed E-state index contributed by atoms with van der Waals surface area (Å²) in [5.74, 6) is 0.649. The molecule has 1 aliphatic heterocycles. The van der Waals surface area contributed by atoms with E-state index in [9.17, 15) is 9.59 Å². The van der Waals surface area contributed by atoms with Crippen molar-refractivity contribution in [3.05, 3.63) is 93.3 Å². The maximum absolute atomic E-state index is 12.9. The highest BCUT2D eigenvalue weighted by molar-refractivity contribution is 8.18. The summed E-state index contributed by atoms with van der Waals surface area (Å²) in [5.41, 5.74) is 2.82. The summed E-state index contributed by atoms with van der Waals surface area (Å²) in [6.45, 7) is 4.79. The molecule has 0 aromatic heterocycles. The van der Waals surface area contributed by atoms with E-state index in [-0.39, 0.29) is 11.9 Å². The molecule has 1 aliphatic rings. The van der Waals surface area contributed by atoms with Crippen LogP contribution in [0, 0.1) is 0 Å². The molecule has 196 valence electrons. The van der Waals surface area contributed by atoms with Gasteiger partial charge in [0.25, 0.3) is 5.91 Å². The van der Waals surface area contributed by atoms with E-state index in [0.717, 1.165) is 11.1 Å². The number of carbonyl (C=O) groups is 2. The first-order chi connectivity index (χ1) is 18.4. The SMILES string of the molecule is CCOC(=O)c1ccc(N=C2SC(=Cc3ccc(OCc4cccc(Cl)c4)c(OCC)c3)C(=O)N2C)cc1. The first kappa shape index (κ1) is 27.3. The minimum absolute atomic E-state index is 0.156. The van der Waals surface area contributed by atoms with E-state index in [1.54, 1.807) is 44.3 Å². The quantitative estimate of drug-likeness (QED) is 0.217. The number of ether oxygens (including phenoxy) is 3. The predicted molar refractivity (Wildman–Crippen MR) is 151 cm³/mol. The van der Waals surface area contributed by atoms with Gasteiger partial charge in [-0.15, -0.1) is 0 Å². The Labute approximate surface area is 231 Å². The van der Waals surface area contributed by atoms with E-state index >= 15 is 0 Å². The number of hydrogen-bond donors (Lipinski definition) is 0. The molecular formula is C29H27ClN2O5S. The highest BCUT2D eigenvalue weighted by atomic mass is 35.5. The second-order valence-electron chi connectivity index (χ2n) is 8.19. The van der Waals surface area contributed by atoms with E-state index in [1.165, 1.54) is 16.7 Å². The highest BCUT2D eigenvalue weighted by Crippen LogP contribution is 2.35. The van der Waals surface area contributed by atoms with Crippen LogP contribution in [0.4, 0.5) is 5.69 Å². The second-order valence-corrected chi connectivity index (χ2v) is 9.64. The number of esters is 1. The van der Waals surface area contributed by atoms with Gasteiger partial charge < -0.3 is 14.2 Å². The molecule has 4 rings (SSSR count). The molecule has 1 amide bonds. The summed E-state index contributed by atoms with van der Waals surface area (Å²) in [7, 11) is 1.68. The lowest BCUT2D eigenvalue weighted by Crippen LogP contribution is -2.23. The van der Waals surface area contributed by atoms with Crippen molar-refractivity contribution in [3.63, 3.8) is 0 Å². The van der Waals surface area contributed by atoms with Crippen LogP contribution in [0.3, 0.4) is 0 Å². The molecule has 0 radical (unpaired) electrons. The van der Waals surface area contributed by atoms with Crippen LogP contribution < -0.4 is 9.47 Å². The van der Waals surface area contributed by atoms with Gasteiger partial charge in [0, 0.05) is 12.1 Å².